The molecule has 0 spiro atoms. The molecule has 10 heteroatoms. The molecule has 0 bridgehead atoms. The maximum Gasteiger partial charge on any atom is 0.414 e. The highest BCUT2D eigenvalue weighted by molar-refractivity contribution is 7.99. The van der Waals surface area contributed by atoms with Gasteiger partial charge in [0.2, 0.25) is 0 Å². The lowest BCUT2D eigenvalue weighted by Gasteiger charge is -2.28. The van der Waals surface area contributed by atoms with Crippen LogP contribution in [0.15, 0.2) is 17.2 Å². The lowest BCUT2D eigenvalue weighted by Crippen LogP contribution is -2.30. The average molecular weight is 383 g/mol. The van der Waals surface area contributed by atoms with Gasteiger partial charge in [-0.2, -0.15) is 11.8 Å². The molecular formula is C16H19F2N5O2S. The van der Waals surface area contributed by atoms with Gasteiger partial charge in [0.15, 0.2) is 11.6 Å². The molecule has 1 atom stereocenters. The summed E-state index contributed by atoms with van der Waals surface area (Å²) in [5, 5.41) is 3.36. The van der Waals surface area contributed by atoms with Crippen molar-refractivity contribution >= 4 is 29.2 Å². The van der Waals surface area contributed by atoms with E-state index in [-0.39, 0.29) is 24.5 Å². The summed E-state index contributed by atoms with van der Waals surface area (Å²) in [7, 11) is 0. The van der Waals surface area contributed by atoms with Crippen molar-refractivity contribution in [3.05, 3.63) is 34.2 Å². The van der Waals surface area contributed by atoms with Gasteiger partial charge in [0, 0.05) is 30.1 Å². The maximum atomic E-state index is 14.7. The Labute approximate surface area is 153 Å². The van der Waals surface area contributed by atoms with Crippen molar-refractivity contribution in [1.29, 1.82) is 0 Å². The van der Waals surface area contributed by atoms with Gasteiger partial charge < -0.3 is 9.64 Å². The number of rotatable bonds is 4. The molecular weight excluding hydrogens is 364 g/mol. The number of cyclic esters (lactones) is 1. The maximum absolute atomic E-state index is 14.7. The first-order chi connectivity index (χ1) is 12.6. The number of hydrogen-bond acceptors (Lipinski definition) is 5. The SMILES string of the molecule is [N-]=[N+]=NC[C@H]1CN(c2cc(F)c(N3CCCSCCC3)c(F)c2)C(=O)O1. The van der Waals surface area contributed by atoms with Crippen LogP contribution in [0.4, 0.5) is 25.0 Å². The van der Waals surface area contributed by atoms with Crippen LogP contribution >= 0.6 is 11.8 Å². The van der Waals surface area contributed by atoms with Gasteiger partial charge >= 0.3 is 6.09 Å². The highest BCUT2D eigenvalue weighted by Crippen LogP contribution is 2.32. The molecule has 0 radical (unpaired) electrons. The minimum atomic E-state index is -0.710. The highest BCUT2D eigenvalue weighted by Gasteiger charge is 2.33. The number of amides is 1. The van der Waals surface area contributed by atoms with Crippen molar-refractivity contribution in [3.8, 4) is 0 Å². The van der Waals surface area contributed by atoms with E-state index in [1.54, 1.807) is 4.90 Å². The monoisotopic (exact) mass is 383 g/mol. The number of ether oxygens (including phenoxy) is 1. The number of nitrogens with zero attached hydrogens (tertiary/aromatic N) is 5. The van der Waals surface area contributed by atoms with Crippen molar-refractivity contribution in [1.82, 2.24) is 0 Å². The van der Waals surface area contributed by atoms with E-state index in [0.29, 0.717) is 13.1 Å². The molecule has 3 rings (SSSR count). The smallest absolute Gasteiger partial charge is 0.414 e. The number of carbonyl (C=O) groups is 1. The van der Waals surface area contributed by atoms with Gasteiger partial charge in [-0.1, -0.05) is 5.11 Å². The summed E-state index contributed by atoms with van der Waals surface area (Å²) in [5.41, 5.74) is 8.39. The Morgan fingerprint density at radius 2 is 1.92 bits per heavy atom. The molecule has 140 valence electrons. The fourth-order valence-corrected chi connectivity index (χ4v) is 3.99. The van der Waals surface area contributed by atoms with Crippen LogP contribution in [0.25, 0.3) is 10.4 Å². The van der Waals surface area contributed by atoms with E-state index < -0.39 is 23.8 Å². The number of azide groups is 1. The molecule has 2 aliphatic rings. The molecule has 0 aromatic heterocycles. The summed E-state index contributed by atoms with van der Waals surface area (Å²) in [6.07, 6.45) is 0.393. The Bertz CT molecular complexity index is 698. The summed E-state index contributed by atoms with van der Waals surface area (Å²) in [4.78, 5) is 17.5. The van der Waals surface area contributed by atoms with Gasteiger partial charge in [0.25, 0.3) is 0 Å². The molecule has 2 heterocycles. The van der Waals surface area contributed by atoms with Gasteiger partial charge in [-0.15, -0.1) is 0 Å². The first-order valence-corrected chi connectivity index (χ1v) is 9.56. The fourth-order valence-electron chi connectivity index (χ4n) is 3.12. The van der Waals surface area contributed by atoms with Crippen molar-refractivity contribution in [3.63, 3.8) is 0 Å². The Kier molecular flexibility index (Phi) is 6.05. The van der Waals surface area contributed by atoms with Gasteiger partial charge in [0.1, 0.15) is 11.8 Å². The molecule has 0 saturated carbocycles. The molecule has 0 aliphatic carbocycles. The Morgan fingerprint density at radius 1 is 1.27 bits per heavy atom. The molecule has 0 unspecified atom stereocenters. The number of hydrogen-bond donors (Lipinski definition) is 0. The standard InChI is InChI=1S/C16H19F2N5O2S/c17-13-7-11(23-10-12(9-20-21-19)25-16(23)24)8-14(18)15(13)22-3-1-5-26-6-2-4-22/h7-8,12H,1-6,9-10H2/t12-/m0/s1. The molecule has 1 aromatic carbocycles. The summed E-state index contributed by atoms with van der Waals surface area (Å²) in [6.45, 7) is 1.25. The van der Waals surface area contributed by atoms with Crippen molar-refractivity contribution in [2.24, 2.45) is 5.11 Å². The quantitative estimate of drug-likeness (QED) is 0.448. The fraction of sp³-hybridized carbons (Fsp3) is 0.562. The molecule has 1 amide bonds. The summed E-state index contributed by atoms with van der Waals surface area (Å²) in [6, 6.07) is 2.31. The largest absolute Gasteiger partial charge is 0.444 e. The minimum absolute atomic E-state index is 0.0203. The first-order valence-electron chi connectivity index (χ1n) is 8.41. The molecule has 26 heavy (non-hydrogen) atoms. The molecule has 2 saturated heterocycles. The Morgan fingerprint density at radius 3 is 2.54 bits per heavy atom. The predicted octanol–water partition coefficient (Wildman–Crippen LogP) is 3.93. The lowest BCUT2D eigenvalue weighted by atomic mass is 10.2. The molecule has 0 N–H and O–H groups in total. The third-order valence-electron chi connectivity index (χ3n) is 4.29. The van der Waals surface area contributed by atoms with Crippen LogP contribution in [-0.2, 0) is 4.74 Å². The Balaban J connectivity index is 1.80. The average Bonchev–Trinajstić information content (AvgIpc) is 2.94. The second-order valence-corrected chi connectivity index (χ2v) is 7.32. The van der Waals surface area contributed by atoms with Crippen molar-refractivity contribution in [2.45, 2.75) is 18.9 Å². The van der Waals surface area contributed by atoms with E-state index >= 15 is 0 Å². The zero-order valence-electron chi connectivity index (χ0n) is 14.1. The Hall–Kier alpha value is -2.19. The second kappa shape index (κ2) is 8.46. The number of benzene rings is 1. The topological polar surface area (TPSA) is 81.5 Å². The summed E-state index contributed by atoms with van der Waals surface area (Å²) >= 11 is 1.86. The van der Waals surface area contributed by atoms with Gasteiger partial charge in [-0.3, -0.25) is 4.90 Å². The molecule has 1 aromatic rings. The summed E-state index contributed by atoms with van der Waals surface area (Å²) in [5.74, 6) is 0.563. The van der Waals surface area contributed by atoms with Crippen LogP contribution in [0.1, 0.15) is 12.8 Å². The molecule has 2 fully saturated rings. The van der Waals surface area contributed by atoms with Crippen molar-refractivity contribution in [2.75, 3.05) is 47.5 Å². The van der Waals surface area contributed by atoms with E-state index in [1.807, 2.05) is 11.8 Å². The zero-order chi connectivity index (χ0) is 18.5. The zero-order valence-corrected chi connectivity index (χ0v) is 14.9. The van der Waals surface area contributed by atoms with Crippen LogP contribution < -0.4 is 9.80 Å². The van der Waals surface area contributed by atoms with E-state index in [4.69, 9.17) is 10.3 Å². The second-order valence-electron chi connectivity index (χ2n) is 6.09. The van der Waals surface area contributed by atoms with E-state index in [0.717, 1.165) is 41.4 Å². The van der Waals surface area contributed by atoms with Crippen LogP contribution in [-0.4, -0.2) is 49.9 Å². The van der Waals surface area contributed by atoms with Gasteiger partial charge in [-0.05, 0) is 29.9 Å². The number of thioether (sulfide) groups is 1. The number of halogens is 2. The van der Waals surface area contributed by atoms with Crippen molar-refractivity contribution < 1.29 is 18.3 Å². The number of carbonyl (C=O) groups excluding carboxylic acids is 1. The van der Waals surface area contributed by atoms with Gasteiger partial charge in [-0.25, -0.2) is 13.6 Å². The van der Waals surface area contributed by atoms with E-state index in [1.165, 1.54) is 0 Å². The lowest BCUT2D eigenvalue weighted by molar-refractivity contribution is 0.145. The first kappa shape index (κ1) is 18.6. The predicted molar refractivity (Wildman–Crippen MR) is 96.8 cm³/mol. The van der Waals surface area contributed by atoms with Crippen LogP contribution in [0, 0.1) is 11.6 Å². The van der Waals surface area contributed by atoms with E-state index in [9.17, 15) is 13.6 Å². The third kappa shape index (κ3) is 4.13. The molecule has 7 nitrogen and oxygen atoms in total. The van der Waals surface area contributed by atoms with Gasteiger partial charge in [0.05, 0.1) is 18.8 Å². The molecule has 2 aliphatic heterocycles. The van der Waals surface area contributed by atoms with E-state index in [2.05, 4.69) is 10.0 Å². The minimum Gasteiger partial charge on any atom is -0.444 e. The third-order valence-corrected chi connectivity index (χ3v) is 5.44. The normalized spacial score (nSPS) is 21.0. The van der Waals surface area contributed by atoms with Crippen LogP contribution in [0.5, 0.6) is 0 Å². The van der Waals surface area contributed by atoms with Crippen LogP contribution in [0.2, 0.25) is 0 Å². The highest BCUT2D eigenvalue weighted by atomic mass is 32.2. The number of anilines is 2. The summed E-state index contributed by atoms with van der Waals surface area (Å²) < 4.78 is 34.4. The van der Waals surface area contributed by atoms with Crippen LogP contribution in [0.3, 0.4) is 0 Å².